The zero-order valence-corrected chi connectivity index (χ0v) is 22.1. The second-order valence-corrected chi connectivity index (χ2v) is 9.16. The van der Waals surface area contributed by atoms with Gasteiger partial charge in [-0.1, -0.05) is 38.1 Å². The van der Waals surface area contributed by atoms with E-state index in [2.05, 4.69) is 42.6 Å². The lowest BCUT2D eigenvalue weighted by molar-refractivity contribution is 0.477. The normalized spacial score (nSPS) is 11.2. The Kier molecular flexibility index (Phi) is 12.5. The molecule has 3 aromatic rings. The number of hydrogen-bond acceptors (Lipinski definition) is 6. The van der Waals surface area contributed by atoms with Crippen LogP contribution in [-0.4, -0.2) is 47.0 Å². The van der Waals surface area contributed by atoms with Crippen LogP contribution in [0.25, 0.3) is 16.9 Å². The molecule has 0 bridgehead atoms. The Bertz CT molecular complexity index is 1210. The van der Waals surface area contributed by atoms with Gasteiger partial charge in [0.2, 0.25) is 10.0 Å². The fraction of sp³-hybridized carbons (Fsp3) is 0.304. The van der Waals surface area contributed by atoms with Crippen molar-refractivity contribution in [2.75, 3.05) is 24.2 Å². The summed E-state index contributed by atoms with van der Waals surface area (Å²) in [4.78, 5) is 4.53. The molecule has 0 aliphatic rings. The Morgan fingerprint density at radius 3 is 2.53 bits per heavy atom. The number of para-hydroxylation sites is 1. The number of nitrogens with one attached hydrogen (secondary N) is 2. The van der Waals surface area contributed by atoms with Crippen LogP contribution < -0.4 is 10.0 Å². The zero-order chi connectivity index (χ0) is 25.7. The summed E-state index contributed by atoms with van der Waals surface area (Å²) in [5.74, 6) is -0.760. The molecule has 0 atom stereocenters. The van der Waals surface area contributed by atoms with E-state index < -0.39 is 21.6 Å². The molecule has 11 heteroatoms. The Morgan fingerprint density at radius 2 is 1.91 bits per heavy atom. The molecule has 0 saturated carbocycles. The third-order valence-electron chi connectivity index (χ3n) is 4.00. The minimum atomic E-state index is -3.75. The third kappa shape index (κ3) is 8.54. The lowest BCUT2D eigenvalue weighted by atomic mass is 10.1. The molecule has 0 amide bonds. The number of phenols is 1. The van der Waals surface area contributed by atoms with E-state index >= 15 is 0 Å². The molecule has 0 radical (unpaired) electrons. The number of fused-ring (bicyclic) bond motifs is 1. The maximum Gasteiger partial charge on any atom is 0.218 e. The summed E-state index contributed by atoms with van der Waals surface area (Å²) in [6.45, 7) is 11.0. The molecule has 34 heavy (non-hydrogen) atoms. The molecule has 2 aromatic heterocycles. The van der Waals surface area contributed by atoms with Crippen molar-refractivity contribution < 1.29 is 17.9 Å². The quantitative estimate of drug-likeness (QED) is 0.257. The molecule has 186 valence electrons. The Labute approximate surface area is 208 Å². The summed E-state index contributed by atoms with van der Waals surface area (Å²) in [6, 6.07) is 8.52. The SMILES string of the molecule is C/C=C(/F)CS(=O)(=O)NCCNc1cc(-c2ccccc2O)nc2c(Br)cnn12.C=CC.CC. The standard InChI is InChI=1S/C18H19BrFN5O3S.C3H6.C2H6/c1-2-12(20)11-29(27,28)23-8-7-21-17-9-15(13-5-3-4-6-16(13)26)24-18-14(19)10-22-25(17)18;1-3-2;1-2/h2-6,9-10,21,23,26H,7-8,11H2,1H3;3H,1H2,2H3;1-2H3/b12-2+;;. The van der Waals surface area contributed by atoms with E-state index in [9.17, 15) is 17.9 Å². The van der Waals surface area contributed by atoms with Crippen LogP contribution in [0, 0.1) is 0 Å². The Hall–Kier alpha value is -2.76. The second kappa shape index (κ2) is 14.5. The van der Waals surface area contributed by atoms with Crippen LogP contribution in [0.4, 0.5) is 10.2 Å². The maximum atomic E-state index is 13.2. The van der Waals surface area contributed by atoms with Crippen molar-refractivity contribution in [3.63, 3.8) is 0 Å². The highest BCUT2D eigenvalue weighted by Crippen LogP contribution is 2.30. The van der Waals surface area contributed by atoms with Crippen LogP contribution in [0.5, 0.6) is 5.75 Å². The van der Waals surface area contributed by atoms with E-state index in [0.29, 0.717) is 27.2 Å². The van der Waals surface area contributed by atoms with Gasteiger partial charge in [-0.15, -0.1) is 6.58 Å². The molecule has 0 spiro atoms. The van der Waals surface area contributed by atoms with E-state index in [0.717, 1.165) is 6.08 Å². The average Bonchev–Trinajstić information content (AvgIpc) is 3.19. The largest absolute Gasteiger partial charge is 0.507 e. The number of aromatic nitrogens is 3. The molecule has 3 rings (SSSR count). The van der Waals surface area contributed by atoms with Crippen LogP contribution >= 0.6 is 15.9 Å². The predicted molar refractivity (Wildman–Crippen MR) is 140 cm³/mol. The number of benzene rings is 1. The third-order valence-corrected chi connectivity index (χ3v) is 5.86. The first-order valence-electron chi connectivity index (χ1n) is 10.6. The molecule has 0 unspecified atom stereocenters. The molecular weight excluding hydrogens is 525 g/mol. The number of anilines is 1. The highest BCUT2D eigenvalue weighted by molar-refractivity contribution is 9.10. The molecule has 2 heterocycles. The van der Waals surface area contributed by atoms with Gasteiger partial charge in [0.15, 0.2) is 5.65 Å². The van der Waals surface area contributed by atoms with E-state index in [1.807, 2.05) is 20.8 Å². The first-order chi connectivity index (χ1) is 16.2. The van der Waals surface area contributed by atoms with E-state index in [1.165, 1.54) is 6.92 Å². The van der Waals surface area contributed by atoms with E-state index in [4.69, 9.17) is 0 Å². The minimum absolute atomic E-state index is 0.0531. The van der Waals surface area contributed by atoms with Crippen molar-refractivity contribution in [3.8, 4) is 17.0 Å². The maximum absolute atomic E-state index is 13.2. The van der Waals surface area contributed by atoms with Crippen LogP contribution in [0.1, 0.15) is 27.7 Å². The van der Waals surface area contributed by atoms with Gasteiger partial charge in [0.1, 0.15) is 23.1 Å². The molecule has 0 saturated heterocycles. The van der Waals surface area contributed by atoms with Crippen molar-refractivity contribution in [1.29, 1.82) is 0 Å². The summed E-state index contributed by atoms with van der Waals surface area (Å²) in [5, 5.41) is 17.5. The number of phenolic OH excluding ortho intramolecular Hbond substituents is 1. The van der Waals surface area contributed by atoms with Gasteiger partial charge < -0.3 is 10.4 Å². The number of aromatic hydroxyl groups is 1. The predicted octanol–water partition coefficient (Wildman–Crippen LogP) is 5.29. The van der Waals surface area contributed by atoms with Crippen molar-refractivity contribution >= 4 is 37.4 Å². The molecule has 0 fully saturated rings. The number of halogens is 2. The zero-order valence-electron chi connectivity index (χ0n) is 19.7. The Balaban J connectivity index is 0.00000107. The van der Waals surface area contributed by atoms with E-state index in [1.54, 1.807) is 47.1 Å². The molecule has 0 aliphatic carbocycles. The number of nitrogens with zero attached hydrogens (tertiary/aromatic N) is 3. The van der Waals surface area contributed by atoms with Crippen LogP contribution in [-0.2, 0) is 10.0 Å². The molecule has 3 N–H and O–H groups in total. The Morgan fingerprint density at radius 1 is 1.26 bits per heavy atom. The number of hydrogen-bond donors (Lipinski definition) is 3. The summed E-state index contributed by atoms with van der Waals surface area (Å²) < 4.78 is 41.4. The monoisotopic (exact) mass is 555 g/mol. The van der Waals surface area contributed by atoms with Crippen molar-refractivity contribution in [1.82, 2.24) is 19.3 Å². The van der Waals surface area contributed by atoms with Gasteiger partial charge in [-0.2, -0.15) is 9.61 Å². The van der Waals surface area contributed by atoms with Gasteiger partial charge in [0, 0.05) is 24.7 Å². The van der Waals surface area contributed by atoms with Gasteiger partial charge in [0.05, 0.1) is 16.4 Å². The van der Waals surface area contributed by atoms with Crippen LogP contribution in [0.3, 0.4) is 0 Å². The van der Waals surface area contributed by atoms with Crippen LogP contribution in [0.2, 0.25) is 0 Å². The average molecular weight is 557 g/mol. The number of sulfonamides is 1. The lowest BCUT2D eigenvalue weighted by Gasteiger charge is -2.12. The first-order valence-corrected chi connectivity index (χ1v) is 13.1. The molecule has 0 aliphatic heterocycles. The van der Waals surface area contributed by atoms with Crippen molar-refractivity contribution in [2.45, 2.75) is 27.7 Å². The number of allylic oxidation sites excluding steroid dienone is 2. The highest BCUT2D eigenvalue weighted by atomic mass is 79.9. The first kappa shape index (κ1) is 29.3. The smallest absolute Gasteiger partial charge is 0.218 e. The summed E-state index contributed by atoms with van der Waals surface area (Å²) >= 11 is 3.40. The topological polar surface area (TPSA) is 109 Å². The fourth-order valence-electron chi connectivity index (χ4n) is 2.60. The lowest BCUT2D eigenvalue weighted by Crippen LogP contribution is -2.31. The summed E-state index contributed by atoms with van der Waals surface area (Å²) in [7, 11) is -3.75. The van der Waals surface area contributed by atoms with Gasteiger partial charge in [0.25, 0.3) is 0 Å². The summed E-state index contributed by atoms with van der Waals surface area (Å²) in [6.07, 6.45) is 4.45. The molecular formula is C23H31BrFN5O3S. The minimum Gasteiger partial charge on any atom is -0.507 e. The van der Waals surface area contributed by atoms with Crippen molar-refractivity contribution in [3.05, 3.63) is 65.6 Å². The van der Waals surface area contributed by atoms with Gasteiger partial charge >= 0.3 is 0 Å². The van der Waals surface area contributed by atoms with Gasteiger partial charge in [-0.3, -0.25) is 0 Å². The van der Waals surface area contributed by atoms with E-state index in [-0.39, 0.29) is 18.8 Å². The van der Waals surface area contributed by atoms with Gasteiger partial charge in [-0.05, 0) is 41.9 Å². The number of rotatable bonds is 8. The van der Waals surface area contributed by atoms with Crippen molar-refractivity contribution in [2.24, 2.45) is 0 Å². The van der Waals surface area contributed by atoms with Crippen LogP contribution in [0.15, 0.2) is 65.6 Å². The fourth-order valence-corrected chi connectivity index (χ4v) is 4.00. The summed E-state index contributed by atoms with van der Waals surface area (Å²) in [5.41, 5.74) is 1.60. The van der Waals surface area contributed by atoms with Gasteiger partial charge in [-0.25, -0.2) is 22.5 Å². The molecule has 8 nitrogen and oxygen atoms in total. The highest BCUT2D eigenvalue weighted by Gasteiger charge is 2.15. The second-order valence-electron chi connectivity index (χ2n) is 6.50. The molecule has 1 aromatic carbocycles.